The molecular formula is C16H26BrNO2S. The molecule has 2 rings (SSSR count). The minimum absolute atomic E-state index is 0.0847. The molecule has 0 aliphatic carbocycles. The predicted octanol–water partition coefficient (Wildman–Crippen LogP) is 4.01. The molecule has 0 aromatic carbocycles. The van der Waals surface area contributed by atoms with E-state index in [0.29, 0.717) is 6.04 Å². The molecule has 0 spiro atoms. The summed E-state index contributed by atoms with van der Waals surface area (Å²) >= 11 is 5.37. The Balaban J connectivity index is 2.14. The summed E-state index contributed by atoms with van der Waals surface area (Å²) in [6.07, 6.45) is 4.13. The summed E-state index contributed by atoms with van der Waals surface area (Å²) in [6.45, 7) is 7.71. The highest BCUT2D eigenvalue weighted by atomic mass is 79.9. The fraction of sp³-hybridized carbons (Fsp3) is 0.750. The summed E-state index contributed by atoms with van der Waals surface area (Å²) in [7, 11) is 0. The lowest BCUT2D eigenvalue weighted by Gasteiger charge is -2.43. The first-order valence-electron chi connectivity index (χ1n) is 7.88. The zero-order valence-electron chi connectivity index (χ0n) is 13.0. The summed E-state index contributed by atoms with van der Waals surface area (Å²) < 4.78 is 13.0. The van der Waals surface area contributed by atoms with E-state index in [-0.39, 0.29) is 5.60 Å². The minimum atomic E-state index is -0.0847. The van der Waals surface area contributed by atoms with E-state index >= 15 is 0 Å². The molecular weight excluding hydrogens is 350 g/mol. The smallest absolute Gasteiger partial charge is 0.0881 e. The zero-order chi connectivity index (χ0) is 15.1. The first-order chi connectivity index (χ1) is 10.2. The Morgan fingerprint density at radius 1 is 1.43 bits per heavy atom. The molecule has 3 nitrogen and oxygen atoms in total. The number of halogens is 1. The average molecular weight is 376 g/mol. The van der Waals surface area contributed by atoms with Crippen molar-refractivity contribution in [3.8, 4) is 0 Å². The number of hydrogen-bond acceptors (Lipinski definition) is 4. The van der Waals surface area contributed by atoms with Crippen molar-refractivity contribution in [3.05, 3.63) is 20.8 Å². The van der Waals surface area contributed by atoms with Crippen LogP contribution < -0.4 is 5.32 Å². The van der Waals surface area contributed by atoms with Gasteiger partial charge in [-0.2, -0.15) is 0 Å². The van der Waals surface area contributed by atoms with Crippen molar-refractivity contribution >= 4 is 27.3 Å². The largest absolute Gasteiger partial charge is 0.381 e. The number of hydrogen-bond donors (Lipinski definition) is 1. The maximum absolute atomic E-state index is 6.26. The Morgan fingerprint density at radius 2 is 2.19 bits per heavy atom. The molecule has 0 amide bonds. The highest BCUT2D eigenvalue weighted by Gasteiger charge is 2.41. The van der Waals surface area contributed by atoms with Crippen molar-refractivity contribution in [1.82, 2.24) is 5.32 Å². The van der Waals surface area contributed by atoms with Crippen molar-refractivity contribution in [1.29, 1.82) is 0 Å². The zero-order valence-corrected chi connectivity index (χ0v) is 15.4. The molecule has 5 heteroatoms. The molecule has 0 radical (unpaired) electrons. The van der Waals surface area contributed by atoms with Gasteiger partial charge in [0.25, 0.3) is 0 Å². The van der Waals surface area contributed by atoms with E-state index in [4.69, 9.17) is 9.47 Å². The van der Waals surface area contributed by atoms with Crippen LogP contribution in [-0.2, 0) is 15.9 Å². The van der Waals surface area contributed by atoms with Crippen LogP contribution in [0.1, 0.15) is 38.0 Å². The topological polar surface area (TPSA) is 30.5 Å². The summed E-state index contributed by atoms with van der Waals surface area (Å²) in [5, 5.41) is 5.89. The van der Waals surface area contributed by atoms with E-state index in [1.807, 2.05) is 11.3 Å². The van der Waals surface area contributed by atoms with E-state index in [0.717, 1.165) is 52.0 Å². The normalized spacial score (nSPS) is 19.6. The number of thiophene rings is 1. The molecule has 21 heavy (non-hydrogen) atoms. The summed E-state index contributed by atoms with van der Waals surface area (Å²) in [5.41, 5.74) is -0.0847. The van der Waals surface area contributed by atoms with Crippen LogP contribution in [0.3, 0.4) is 0 Å². The molecule has 1 fully saturated rings. The number of ether oxygens (including phenoxy) is 2. The van der Waals surface area contributed by atoms with E-state index < -0.39 is 0 Å². The van der Waals surface area contributed by atoms with Gasteiger partial charge in [-0.15, -0.1) is 11.3 Å². The van der Waals surface area contributed by atoms with Crippen LogP contribution in [-0.4, -0.2) is 38.0 Å². The van der Waals surface area contributed by atoms with Gasteiger partial charge in [0.2, 0.25) is 0 Å². The van der Waals surface area contributed by atoms with Crippen molar-refractivity contribution < 1.29 is 9.47 Å². The molecule has 1 N–H and O–H groups in total. The molecule has 120 valence electrons. The lowest BCUT2D eigenvalue weighted by Crippen LogP contribution is -2.56. The van der Waals surface area contributed by atoms with Crippen LogP contribution in [0.5, 0.6) is 0 Å². The highest BCUT2D eigenvalue weighted by Crippen LogP contribution is 2.32. The van der Waals surface area contributed by atoms with Gasteiger partial charge in [0.15, 0.2) is 0 Å². The van der Waals surface area contributed by atoms with Gasteiger partial charge in [0.05, 0.1) is 5.60 Å². The molecule has 1 aliphatic heterocycles. The molecule has 1 aromatic heterocycles. The Labute approximate surface area is 140 Å². The number of rotatable bonds is 8. The van der Waals surface area contributed by atoms with Crippen molar-refractivity contribution in [2.45, 2.75) is 51.2 Å². The van der Waals surface area contributed by atoms with E-state index in [2.05, 4.69) is 46.5 Å². The maximum Gasteiger partial charge on any atom is 0.0881 e. The van der Waals surface area contributed by atoms with Crippen molar-refractivity contribution in [2.75, 3.05) is 26.4 Å². The highest BCUT2D eigenvalue weighted by molar-refractivity contribution is 9.10. The molecule has 0 bridgehead atoms. The summed E-state index contributed by atoms with van der Waals surface area (Å²) in [6, 6.07) is 2.58. The second-order valence-electron chi connectivity index (χ2n) is 5.55. The molecule has 1 unspecified atom stereocenters. The quantitative estimate of drug-likeness (QED) is 0.744. The summed E-state index contributed by atoms with van der Waals surface area (Å²) in [4.78, 5) is 1.40. The van der Waals surface area contributed by atoms with Crippen LogP contribution in [0.15, 0.2) is 15.9 Å². The monoisotopic (exact) mass is 375 g/mol. The van der Waals surface area contributed by atoms with Crippen LogP contribution in [0, 0.1) is 0 Å². The fourth-order valence-electron chi connectivity index (χ4n) is 3.02. The van der Waals surface area contributed by atoms with Gasteiger partial charge < -0.3 is 14.8 Å². The van der Waals surface area contributed by atoms with Crippen LogP contribution in [0.2, 0.25) is 0 Å². The number of nitrogens with one attached hydrogen (secondary N) is 1. The Hall–Kier alpha value is 0.0600. The van der Waals surface area contributed by atoms with Crippen molar-refractivity contribution in [3.63, 3.8) is 0 Å². The van der Waals surface area contributed by atoms with Crippen LogP contribution in [0.25, 0.3) is 0 Å². The fourth-order valence-corrected chi connectivity index (χ4v) is 4.52. The SMILES string of the molecule is CCCNC(Cc1cc(Br)cs1)C1(OCC)CCOCC1. The Bertz CT molecular complexity index is 413. The van der Waals surface area contributed by atoms with Crippen LogP contribution in [0.4, 0.5) is 0 Å². The predicted molar refractivity (Wildman–Crippen MR) is 92.2 cm³/mol. The second-order valence-corrected chi connectivity index (χ2v) is 7.46. The molecule has 1 aliphatic rings. The van der Waals surface area contributed by atoms with Gasteiger partial charge in [0.1, 0.15) is 0 Å². The molecule has 0 saturated carbocycles. The molecule has 1 saturated heterocycles. The lowest BCUT2D eigenvalue weighted by atomic mass is 9.83. The van der Waals surface area contributed by atoms with Gasteiger partial charge in [-0.3, -0.25) is 0 Å². The van der Waals surface area contributed by atoms with Crippen molar-refractivity contribution in [2.24, 2.45) is 0 Å². The Kier molecular flexibility index (Phi) is 7.16. The second kappa shape index (κ2) is 8.63. The van der Waals surface area contributed by atoms with Gasteiger partial charge in [-0.05, 0) is 48.3 Å². The third-order valence-corrected chi connectivity index (χ3v) is 5.79. The third kappa shape index (κ3) is 4.76. The Morgan fingerprint density at radius 3 is 2.76 bits per heavy atom. The third-order valence-electron chi connectivity index (χ3n) is 4.07. The molecule has 1 atom stereocenters. The van der Waals surface area contributed by atoms with Gasteiger partial charge in [-0.25, -0.2) is 0 Å². The molecule has 2 heterocycles. The van der Waals surface area contributed by atoms with Gasteiger partial charge in [0, 0.05) is 53.4 Å². The van der Waals surface area contributed by atoms with E-state index in [1.165, 1.54) is 9.35 Å². The maximum atomic E-state index is 6.26. The average Bonchev–Trinajstić information content (AvgIpc) is 2.90. The standard InChI is InChI=1S/C16H26BrNO2S/c1-3-7-18-15(11-14-10-13(17)12-21-14)16(20-4-2)5-8-19-9-6-16/h10,12,15,18H,3-9,11H2,1-2H3. The van der Waals surface area contributed by atoms with Gasteiger partial charge in [-0.1, -0.05) is 6.92 Å². The first kappa shape index (κ1) is 17.4. The minimum Gasteiger partial charge on any atom is -0.381 e. The first-order valence-corrected chi connectivity index (χ1v) is 9.55. The summed E-state index contributed by atoms with van der Waals surface area (Å²) in [5.74, 6) is 0. The van der Waals surface area contributed by atoms with Gasteiger partial charge >= 0.3 is 0 Å². The van der Waals surface area contributed by atoms with E-state index in [1.54, 1.807) is 0 Å². The molecule has 1 aromatic rings. The van der Waals surface area contributed by atoms with Crippen LogP contribution >= 0.6 is 27.3 Å². The van der Waals surface area contributed by atoms with E-state index in [9.17, 15) is 0 Å². The lowest BCUT2D eigenvalue weighted by molar-refractivity contribution is -0.126.